The van der Waals surface area contributed by atoms with E-state index in [-0.39, 0.29) is 24.0 Å². The van der Waals surface area contributed by atoms with E-state index in [1.807, 2.05) is 6.07 Å². The van der Waals surface area contributed by atoms with Crippen LogP contribution in [0.5, 0.6) is 0 Å². The van der Waals surface area contributed by atoms with Crippen molar-refractivity contribution in [3.05, 3.63) is 89.5 Å². The number of alkyl halides is 3. The summed E-state index contributed by atoms with van der Waals surface area (Å²) in [6.07, 6.45) is -0.495. The molecular weight excluding hydrogens is 448 g/mol. The minimum atomic E-state index is -4.82. The molecule has 0 fully saturated rings. The number of rotatable bonds is 8. The average molecular weight is 466 g/mol. The summed E-state index contributed by atoms with van der Waals surface area (Å²) in [6.45, 7) is 0. The maximum atomic E-state index is 13.9. The van der Waals surface area contributed by atoms with Crippen molar-refractivity contribution in [3.8, 4) is 0 Å². The number of sulfonamides is 1. The highest BCUT2D eigenvalue weighted by Gasteiger charge is 2.33. The van der Waals surface area contributed by atoms with Gasteiger partial charge in [-0.15, -0.1) is 0 Å². The highest BCUT2D eigenvalue weighted by atomic mass is 32.2. The maximum Gasteiger partial charge on any atom is 0.416 e. The molecule has 0 unspecified atom stereocenters. The van der Waals surface area contributed by atoms with Crippen molar-refractivity contribution in [2.45, 2.75) is 30.3 Å². The molecule has 0 aliphatic carbocycles. The van der Waals surface area contributed by atoms with Crippen LogP contribution < -0.4 is 4.72 Å². The van der Waals surface area contributed by atoms with Gasteiger partial charge in [-0.25, -0.2) is 12.8 Å². The summed E-state index contributed by atoms with van der Waals surface area (Å²) < 4.78 is 79.3. The molecule has 3 rings (SSSR count). The van der Waals surface area contributed by atoms with Crippen molar-refractivity contribution in [2.75, 3.05) is 4.72 Å². The van der Waals surface area contributed by atoms with Crippen molar-refractivity contribution in [3.63, 3.8) is 0 Å². The maximum absolute atomic E-state index is 13.9. The number of carbonyl (C=O) groups excluding carboxylic acids is 1. The number of carbonyl (C=O) groups is 1. The Bertz CT molecular complexity index is 1200. The zero-order chi connectivity index (χ0) is 23.4. The first kappa shape index (κ1) is 23.4. The van der Waals surface area contributed by atoms with Gasteiger partial charge in [0.15, 0.2) is 0 Å². The number of ketones is 1. The number of Topliss-reactive ketones (excluding diaryl/α,β-unsaturated/α-hetero) is 1. The van der Waals surface area contributed by atoms with E-state index in [1.165, 1.54) is 24.3 Å². The summed E-state index contributed by atoms with van der Waals surface area (Å²) >= 11 is 0. The van der Waals surface area contributed by atoms with Crippen LogP contribution in [0.2, 0.25) is 0 Å². The van der Waals surface area contributed by atoms with Crippen molar-refractivity contribution >= 4 is 21.5 Å². The number of hydrogen-bond donors (Lipinski definition) is 1. The molecule has 0 aliphatic rings. The molecular formula is C22H18F4N2O3S. The highest BCUT2D eigenvalue weighted by molar-refractivity contribution is 7.92. The lowest BCUT2D eigenvalue weighted by Crippen LogP contribution is -2.16. The Morgan fingerprint density at radius 3 is 2.34 bits per heavy atom. The van der Waals surface area contributed by atoms with Crippen molar-refractivity contribution < 1.29 is 30.8 Å². The number of aryl methyl sites for hydroxylation is 1. The third kappa shape index (κ3) is 6.13. The fraction of sp³-hybridized carbons (Fsp3) is 0.182. The monoisotopic (exact) mass is 466 g/mol. The topological polar surface area (TPSA) is 76.1 Å². The summed E-state index contributed by atoms with van der Waals surface area (Å²) in [5.74, 6) is -1.32. The zero-order valence-corrected chi connectivity index (χ0v) is 17.4. The highest BCUT2D eigenvalue weighted by Crippen LogP contribution is 2.32. The molecule has 0 radical (unpaired) electrons. The van der Waals surface area contributed by atoms with E-state index in [4.69, 9.17) is 0 Å². The average Bonchev–Trinajstić information content (AvgIpc) is 2.73. The Morgan fingerprint density at radius 2 is 1.72 bits per heavy atom. The van der Waals surface area contributed by atoms with Crippen LogP contribution in [-0.2, 0) is 33.8 Å². The second kappa shape index (κ2) is 9.47. The molecule has 10 heteroatoms. The molecule has 0 saturated carbocycles. The molecule has 1 heterocycles. The minimum absolute atomic E-state index is 0.0202. The van der Waals surface area contributed by atoms with Crippen LogP contribution in [0, 0.1) is 5.82 Å². The lowest BCUT2D eigenvalue weighted by molar-refractivity contribution is -0.137. The molecule has 0 bridgehead atoms. The van der Waals surface area contributed by atoms with Crippen LogP contribution in [0.15, 0.2) is 71.9 Å². The number of hydrogen-bond acceptors (Lipinski definition) is 4. The zero-order valence-electron chi connectivity index (χ0n) is 16.6. The van der Waals surface area contributed by atoms with Crippen LogP contribution in [0.25, 0.3) is 0 Å². The first-order valence-corrected chi connectivity index (χ1v) is 10.9. The molecule has 0 amide bonds. The summed E-state index contributed by atoms with van der Waals surface area (Å²) in [5.41, 5.74) is 0.314. The van der Waals surface area contributed by atoms with E-state index in [9.17, 15) is 30.8 Å². The van der Waals surface area contributed by atoms with E-state index in [0.29, 0.717) is 30.5 Å². The number of halogens is 4. The largest absolute Gasteiger partial charge is 0.416 e. The predicted octanol–water partition coefficient (Wildman–Crippen LogP) is 4.78. The van der Waals surface area contributed by atoms with Crippen molar-refractivity contribution in [1.82, 2.24) is 4.98 Å². The van der Waals surface area contributed by atoms with E-state index in [0.717, 1.165) is 5.56 Å². The molecule has 168 valence electrons. The number of nitrogens with zero attached hydrogens (tertiary/aromatic N) is 1. The Balaban J connectivity index is 1.65. The SMILES string of the molecule is O=C(CCc1cccnc1)Cc1ccc(NS(=O)(=O)c2cc(C(F)(F)F)ccc2F)cc1. The Labute approximate surface area is 182 Å². The molecule has 0 atom stereocenters. The summed E-state index contributed by atoms with van der Waals surface area (Å²) in [5, 5.41) is 0. The van der Waals surface area contributed by atoms with Gasteiger partial charge in [-0.2, -0.15) is 13.2 Å². The molecule has 32 heavy (non-hydrogen) atoms. The summed E-state index contributed by atoms with van der Waals surface area (Å²) in [7, 11) is -4.60. The number of aromatic nitrogens is 1. The number of nitrogens with one attached hydrogen (secondary N) is 1. The van der Waals surface area contributed by atoms with Crippen LogP contribution in [-0.4, -0.2) is 19.2 Å². The number of pyridine rings is 1. The van der Waals surface area contributed by atoms with Crippen LogP contribution in [0.3, 0.4) is 0 Å². The van der Waals surface area contributed by atoms with Gasteiger partial charge in [0.2, 0.25) is 0 Å². The second-order valence-corrected chi connectivity index (χ2v) is 8.67. The summed E-state index contributed by atoms with van der Waals surface area (Å²) in [6, 6.07) is 10.6. The Morgan fingerprint density at radius 1 is 1.00 bits per heavy atom. The summed E-state index contributed by atoms with van der Waals surface area (Å²) in [4.78, 5) is 15.0. The van der Waals surface area contributed by atoms with Crippen LogP contribution in [0.1, 0.15) is 23.1 Å². The molecule has 5 nitrogen and oxygen atoms in total. The van der Waals surface area contributed by atoms with Gasteiger partial charge in [-0.05, 0) is 53.9 Å². The van der Waals surface area contributed by atoms with Gasteiger partial charge < -0.3 is 0 Å². The fourth-order valence-electron chi connectivity index (χ4n) is 2.93. The van der Waals surface area contributed by atoms with Gasteiger partial charge in [0.1, 0.15) is 16.5 Å². The van der Waals surface area contributed by atoms with Gasteiger partial charge in [-0.3, -0.25) is 14.5 Å². The van der Waals surface area contributed by atoms with Crippen molar-refractivity contribution in [2.24, 2.45) is 0 Å². The van der Waals surface area contributed by atoms with E-state index < -0.39 is 32.5 Å². The minimum Gasteiger partial charge on any atom is -0.299 e. The van der Waals surface area contributed by atoms with Gasteiger partial charge in [0.05, 0.1) is 5.56 Å². The molecule has 3 aromatic rings. The lowest BCUT2D eigenvalue weighted by atomic mass is 10.0. The van der Waals surface area contributed by atoms with Gasteiger partial charge in [0, 0.05) is 30.9 Å². The van der Waals surface area contributed by atoms with Gasteiger partial charge >= 0.3 is 6.18 Å². The molecule has 0 spiro atoms. The van der Waals surface area contributed by atoms with Crippen LogP contribution >= 0.6 is 0 Å². The van der Waals surface area contributed by atoms with E-state index in [2.05, 4.69) is 9.71 Å². The first-order chi connectivity index (χ1) is 15.0. The molecule has 1 N–H and O–H groups in total. The third-order valence-corrected chi connectivity index (χ3v) is 5.97. The van der Waals surface area contributed by atoms with Gasteiger partial charge in [0.25, 0.3) is 10.0 Å². The molecule has 1 aromatic heterocycles. The first-order valence-electron chi connectivity index (χ1n) is 9.44. The fourth-order valence-corrected chi connectivity index (χ4v) is 4.10. The normalized spacial score (nSPS) is 11.9. The van der Waals surface area contributed by atoms with Crippen LogP contribution in [0.4, 0.5) is 23.2 Å². The number of benzene rings is 2. The van der Waals surface area contributed by atoms with E-state index >= 15 is 0 Å². The molecule has 0 aliphatic heterocycles. The molecule has 0 saturated heterocycles. The second-order valence-electron chi connectivity index (χ2n) is 7.02. The number of anilines is 1. The van der Waals surface area contributed by atoms with Crippen molar-refractivity contribution in [1.29, 1.82) is 0 Å². The lowest BCUT2D eigenvalue weighted by Gasteiger charge is -2.12. The van der Waals surface area contributed by atoms with E-state index in [1.54, 1.807) is 18.5 Å². The van der Waals surface area contributed by atoms with Gasteiger partial charge in [-0.1, -0.05) is 18.2 Å². The quantitative estimate of drug-likeness (QED) is 0.485. The third-order valence-electron chi connectivity index (χ3n) is 4.57. The Hall–Kier alpha value is -3.27. The Kier molecular flexibility index (Phi) is 6.93. The smallest absolute Gasteiger partial charge is 0.299 e. The standard InChI is InChI=1S/C22H18F4N2O3S/c23-20-10-6-17(22(24,25)26)13-21(20)32(30,31)28-18-7-3-15(4-8-18)12-19(29)9-5-16-2-1-11-27-14-16/h1-4,6-8,10-11,13-14,28H,5,9,12H2. The predicted molar refractivity (Wildman–Crippen MR) is 110 cm³/mol. The molecule has 2 aromatic carbocycles.